The first-order valence-electron chi connectivity index (χ1n) is 5.78. The maximum atomic E-state index is 11.7. The number of hydrogen-bond acceptors (Lipinski definition) is 2. The molecule has 0 spiro atoms. The van der Waals surface area contributed by atoms with Crippen LogP contribution in [0.5, 0.6) is 0 Å². The van der Waals surface area contributed by atoms with Gasteiger partial charge in [-0.3, -0.25) is 4.79 Å². The molecule has 0 fully saturated rings. The lowest BCUT2D eigenvalue weighted by atomic mass is 10.1. The first-order valence-corrected chi connectivity index (χ1v) is 6.57. The Hall–Kier alpha value is -0.870. The lowest BCUT2D eigenvalue weighted by Gasteiger charge is -2.16. The van der Waals surface area contributed by atoms with Gasteiger partial charge in [0.1, 0.15) is 0 Å². The molecule has 1 amide bonds. The van der Waals surface area contributed by atoms with Crippen LogP contribution in [-0.4, -0.2) is 18.5 Å². The van der Waals surface area contributed by atoms with Gasteiger partial charge in [-0.2, -0.15) is 0 Å². The molecule has 0 aliphatic heterocycles. The summed E-state index contributed by atoms with van der Waals surface area (Å²) in [5, 5.41) is 6.05. The Morgan fingerprint density at radius 2 is 1.94 bits per heavy atom. The zero-order valence-electron chi connectivity index (χ0n) is 10.5. The van der Waals surface area contributed by atoms with Crippen LogP contribution in [0.3, 0.4) is 0 Å². The topological polar surface area (TPSA) is 41.1 Å². The molecule has 0 saturated heterocycles. The van der Waals surface area contributed by atoms with E-state index in [4.69, 9.17) is 0 Å². The van der Waals surface area contributed by atoms with Gasteiger partial charge in [-0.1, -0.05) is 48.0 Å². The number of carbonyl (C=O) groups excluding carboxylic acids is 1. The van der Waals surface area contributed by atoms with Gasteiger partial charge in [0.15, 0.2) is 0 Å². The number of rotatable bonds is 5. The van der Waals surface area contributed by atoms with Crippen LogP contribution < -0.4 is 10.6 Å². The first kappa shape index (κ1) is 14.2. The van der Waals surface area contributed by atoms with Crippen LogP contribution in [0.2, 0.25) is 0 Å². The maximum Gasteiger partial charge on any atom is 0.234 e. The third-order valence-corrected chi connectivity index (χ3v) is 3.14. The van der Waals surface area contributed by atoms with Crippen molar-refractivity contribution in [1.29, 1.82) is 0 Å². The highest BCUT2D eigenvalue weighted by molar-refractivity contribution is 9.10. The summed E-state index contributed by atoms with van der Waals surface area (Å²) in [6, 6.07) is 8.24. The minimum absolute atomic E-state index is 0.00652. The van der Waals surface area contributed by atoms with Crippen molar-refractivity contribution in [3.8, 4) is 0 Å². The zero-order chi connectivity index (χ0) is 12.8. The number of halogens is 1. The van der Waals surface area contributed by atoms with Crippen LogP contribution >= 0.6 is 15.9 Å². The van der Waals surface area contributed by atoms with Gasteiger partial charge in [-0.25, -0.2) is 0 Å². The number of amides is 1. The lowest BCUT2D eigenvalue weighted by Crippen LogP contribution is -2.38. The highest BCUT2D eigenvalue weighted by atomic mass is 79.9. The van der Waals surface area contributed by atoms with Crippen LogP contribution in [-0.2, 0) is 4.79 Å². The summed E-state index contributed by atoms with van der Waals surface area (Å²) in [4.78, 5) is 11.7. The van der Waals surface area contributed by atoms with Crippen LogP contribution in [0.1, 0.15) is 32.4 Å². The molecule has 1 atom stereocenters. The van der Waals surface area contributed by atoms with E-state index in [0.717, 1.165) is 10.0 Å². The average molecular weight is 299 g/mol. The predicted octanol–water partition coefficient (Wildman–Crippen LogP) is 2.62. The second-order valence-electron chi connectivity index (χ2n) is 4.35. The van der Waals surface area contributed by atoms with Gasteiger partial charge >= 0.3 is 0 Å². The third kappa shape index (κ3) is 4.88. The molecule has 0 bridgehead atoms. The molecule has 0 saturated carbocycles. The van der Waals surface area contributed by atoms with E-state index in [1.807, 2.05) is 45.0 Å². The van der Waals surface area contributed by atoms with Crippen molar-refractivity contribution in [1.82, 2.24) is 10.6 Å². The van der Waals surface area contributed by atoms with E-state index in [9.17, 15) is 4.79 Å². The van der Waals surface area contributed by atoms with Crippen molar-refractivity contribution in [2.24, 2.45) is 0 Å². The zero-order valence-corrected chi connectivity index (χ0v) is 12.0. The van der Waals surface area contributed by atoms with Crippen LogP contribution in [0.15, 0.2) is 28.7 Å². The van der Waals surface area contributed by atoms with Crippen molar-refractivity contribution in [2.75, 3.05) is 6.54 Å². The molecule has 4 heteroatoms. The molecule has 17 heavy (non-hydrogen) atoms. The fraction of sp³-hybridized carbons (Fsp3) is 0.462. The summed E-state index contributed by atoms with van der Waals surface area (Å²) >= 11 is 3.48. The van der Waals surface area contributed by atoms with Crippen molar-refractivity contribution in [3.05, 3.63) is 34.3 Å². The largest absolute Gasteiger partial charge is 0.348 e. The molecule has 1 rings (SSSR count). The van der Waals surface area contributed by atoms with Crippen LogP contribution in [0.4, 0.5) is 0 Å². The molecule has 0 radical (unpaired) electrons. The third-order valence-electron chi connectivity index (χ3n) is 2.42. The second kappa shape index (κ2) is 6.77. The number of nitrogens with one attached hydrogen (secondary N) is 2. The number of carbonyl (C=O) groups is 1. The van der Waals surface area contributed by atoms with E-state index in [1.165, 1.54) is 0 Å². The van der Waals surface area contributed by atoms with Gasteiger partial charge in [0.25, 0.3) is 0 Å². The van der Waals surface area contributed by atoms with Crippen LogP contribution in [0, 0.1) is 0 Å². The molecule has 1 aromatic carbocycles. The van der Waals surface area contributed by atoms with Gasteiger partial charge in [0.05, 0.1) is 12.6 Å². The van der Waals surface area contributed by atoms with E-state index in [0.29, 0.717) is 12.6 Å². The van der Waals surface area contributed by atoms with Gasteiger partial charge in [-0.15, -0.1) is 0 Å². The smallest absolute Gasteiger partial charge is 0.234 e. The molecule has 0 unspecified atom stereocenters. The Morgan fingerprint density at radius 1 is 1.29 bits per heavy atom. The Balaban J connectivity index is 2.52. The van der Waals surface area contributed by atoms with Gasteiger partial charge in [0, 0.05) is 10.5 Å². The molecule has 0 aliphatic rings. The molecule has 0 heterocycles. The van der Waals surface area contributed by atoms with Crippen molar-refractivity contribution < 1.29 is 4.79 Å². The normalized spacial score (nSPS) is 12.5. The molecular formula is C13H19BrN2O. The molecular weight excluding hydrogens is 280 g/mol. The Labute approximate surface area is 111 Å². The van der Waals surface area contributed by atoms with Gasteiger partial charge in [0.2, 0.25) is 5.91 Å². The SMILES string of the molecule is CC(C)NCC(=O)N[C@H](C)c1ccccc1Br. The van der Waals surface area contributed by atoms with Crippen LogP contribution in [0.25, 0.3) is 0 Å². The van der Waals surface area contributed by atoms with Gasteiger partial charge in [-0.05, 0) is 18.6 Å². The highest BCUT2D eigenvalue weighted by Crippen LogP contribution is 2.22. The summed E-state index contributed by atoms with van der Waals surface area (Å²) in [5.74, 6) is 0.0157. The van der Waals surface area contributed by atoms with Crippen molar-refractivity contribution >= 4 is 21.8 Å². The minimum atomic E-state index is 0.00652. The summed E-state index contributed by atoms with van der Waals surface area (Å²) in [6.45, 7) is 6.37. The summed E-state index contributed by atoms with van der Waals surface area (Å²) < 4.78 is 1.02. The van der Waals surface area contributed by atoms with Gasteiger partial charge < -0.3 is 10.6 Å². The van der Waals surface area contributed by atoms with E-state index in [1.54, 1.807) is 0 Å². The maximum absolute atomic E-state index is 11.7. The first-order chi connectivity index (χ1) is 8.00. The molecule has 1 aromatic rings. The summed E-state index contributed by atoms with van der Waals surface area (Å²) in [7, 11) is 0. The summed E-state index contributed by atoms with van der Waals surface area (Å²) in [6.07, 6.45) is 0. The predicted molar refractivity (Wildman–Crippen MR) is 73.8 cm³/mol. The Kier molecular flexibility index (Phi) is 5.65. The Bertz CT molecular complexity index is 379. The van der Waals surface area contributed by atoms with E-state index >= 15 is 0 Å². The monoisotopic (exact) mass is 298 g/mol. The molecule has 3 nitrogen and oxygen atoms in total. The van der Waals surface area contributed by atoms with E-state index < -0.39 is 0 Å². The molecule has 0 aromatic heterocycles. The molecule has 94 valence electrons. The fourth-order valence-corrected chi connectivity index (χ4v) is 2.12. The Morgan fingerprint density at radius 3 is 2.53 bits per heavy atom. The van der Waals surface area contributed by atoms with E-state index in [-0.39, 0.29) is 11.9 Å². The van der Waals surface area contributed by atoms with E-state index in [2.05, 4.69) is 26.6 Å². The van der Waals surface area contributed by atoms with Crippen molar-refractivity contribution in [2.45, 2.75) is 32.9 Å². The standard InChI is InChI=1S/C13H19BrN2O/c1-9(2)15-8-13(17)16-10(3)11-6-4-5-7-12(11)14/h4-7,9-10,15H,8H2,1-3H3,(H,16,17)/t10-/m1/s1. The molecule has 2 N–H and O–H groups in total. The fourth-order valence-electron chi connectivity index (χ4n) is 1.49. The minimum Gasteiger partial charge on any atom is -0.348 e. The number of hydrogen-bond donors (Lipinski definition) is 2. The highest BCUT2D eigenvalue weighted by Gasteiger charge is 2.11. The second-order valence-corrected chi connectivity index (χ2v) is 5.20. The van der Waals surface area contributed by atoms with Crippen molar-refractivity contribution in [3.63, 3.8) is 0 Å². The quantitative estimate of drug-likeness (QED) is 0.877. The molecule has 0 aliphatic carbocycles. The number of benzene rings is 1. The lowest BCUT2D eigenvalue weighted by molar-refractivity contribution is -0.121. The summed E-state index contributed by atoms with van der Waals surface area (Å²) in [5.41, 5.74) is 1.09. The average Bonchev–Trinajstić information content (AvgIpc) is 2.26.